The predicted octanol–water partition coefficient (Wildman–Crippen LogP) is 2.53. The fraction of sp³-hybridized carbons (Fsp3) is 0.333. The third-order valence-corrected chi connectivity index (χ3v) is 2.83. The zero-order valence-electron chi connectivity index (χ0n) is 12.4. The molecule has 0 saturated heterocycles. The summed E-state index contributed by atoms with van der Waals surface area (Å²) in [6.45, 7) is 2.77. The number of halogens is 1. The maximum Gasteiger partial charge on any atom is 0.341 e. The first-order valence-corrected chi connectivity index (χ1v) is 6.57. The highest BCUT2D eigenvalue weighted by Gasteiger charge is 2.19. The van der Waals surface area contributed by atoms with Gasteiger partial charge in [0.25, 0.3) is 0 Å². The molecule has 0 unspecified atom stereocenters. The fourth-order valence-corrected chi connectivity index (χ4v) is 2.00. The van der Waals surface area contributed by atoms with Gasteiger partial charge in [0.2, 0.25) is 0 Å². The Morgan fingerprint density at radius 2 is 1.95 bits per heavy atom. The predicted molar refractivity (Wildman–Crippen MR) is 84.2 cm³/mol. The van der Waals surface area contributed by atoms with E-state index in [1.54, 1.807) is 17.8 Å². The number of nitrogens with zero attached hydrogens (tertiary/aromatic N) is 3. The SMILES string of the molecule is CCOC(=O)c1cnn(-c2ccccc2)c1CN(C)C.Cl. The van der Waals surface area contributed by atoms with Gasteiger partial charge in [-0.1, -0.05) is 18.2 Å². The zero-order valence-corrected chi connectivity index (χ0v) is 13.3. The van der Waals surface area contributed by atoms with Crippen LogP contribution in [0.2, 0.25) is 0 Å². The number of rotatable bonds is 5. The van der Waals surface area contributed by atoms with Gasteiger partial charge < -0.3 is 9.64 Å². The van der Waals surface area contributed by atoms with Crippen LogP contribution in [0, 0.1) is 0 Å². The van der Waals surface area contributed by atoms with Crippen molar-refractivity contribution in [2.24, 2.45) is 0 Å². The molecule has 5 nitrogen and oxygen atoms in total. The van der Waals surface area contributed by atoms with Crippen molar-refractivity contribution in [1.29, 1.82) is 0 Å². The Labute approximate surface area is 130 Å². The lowest BCUT2D eigenvalue weighted by Crippen LogP contribution is -2.18. The second kappa shape index (κ2) is 7.81. The van der Waals surface area contributed by atoms with E-state index in [1.165, 1.54) is 0 Å². The number of para-hydroxylation sites is 1. The highest BCUT2D eigenvalue weighted by atomic mass is 35.5. The van der Waals surface area contributed by atoms with E-state index in [0.29, 0.717) is 18.7 Å². The zero-order chi connectivity index (χ0) is 14.5. The van der Waals surface area contributed by atoms with Gasteiger partial charge in [0.15, 0.2) is 0 Å². The average Bonchev–Trinajstić information content (AvgIpc) is 2.83. The van der Waals surface area contributed by atoms with Crippen LogP contribution in [-0.4, -0.2) is 41.4 Å². The molecule has 0 aliphatic rings. The second-order valence-corrected chi connectivity index (χ2v) is 4.71. The largest absolute Gasteiger partial charge is 0.462 e. The van der Waals surface area contributed by atoms with Gasteiger partial charge >= 0.3 is 5.97 Å². The van der Waals surface area contributed by atoms with Crippen LogP contribution < -0.4 is 0 Å². The summed E-state index contributed by atoms with van der Waals surface area (Å²) in [7, 11) is 3.91. The van der Waals surface area contributed by atoms with E-state index in [0.717, 1.165) is 11.4 Å². The van der Waals surface area contributed by atoms with Gasteiger partial charge in [-0.25, -0.2) is 9.48 Å². The van der Waals surface area contributed by atoms with Crippen LogP contribution in [0.1, 0.15) is 23.0 Å². The molecule has 0 aliphatic heterocycles. The Hall–Kier alpha value is -1.85. The molecule has 2 rings (SSSR count). The molecule has 1 aromatic heterocycles. The Balaban J connectivity index is 0.00000220. The summed E-state index contributed by atoms with van der Waals surface area (Å²) in [5, 5.41) is 4.33. The lowest BCUT2D eigenvalue weighted by Gasteiger charge is -2.13. The Kier molecular flexibility index (Phi) is 6.39. The van der Waals surface area contributed by atoms with Gasteiger partial charge in [0, 0.05) is 6.54 Å². The molecule has 21 heavy (non-hydrogen) atoms. The lowest BCUT2D eigenvalue weighted by atomic mass is 10.2. The quantitative estimate of drug-likeness (QED) is 0.796. The highest BCUT2D eigenvalue weighted by molar-refractivity contribution is 5.90. The third kappa shape index (κ3) is 4.06. The van der Waals surface area contributed by atoms with E-state index in [-0.39, 0.29) is 18.4 Å². The van der Waals surface area contributed by atoms with Crippen molar-refractivity contribution in [3.05, 3.63) is 47.8 Å². The Morgan fingerprint density at radius 3 is 2.52 bits per heavy atom. The van der Waals surface area contributed by atoms with Crippen molar-refractivity contribution in [2.45, 2.75) is 13.5 Å². The van der Waals surface area contributed by atoms with Crippen LogP contribution in [0.3, 0.4) is 0 Å². The van der Waals surface area contributed by atoms with Gasteiger partial charge in [0.1, 0.15) is 5.56 Å². The number of ether oxygens (including phenoxy) is 1. The molecule has 0 bridgehead atoms. The molecule has 0 saturated carbocycles. The Bertz CT molecular complexity index is 582. The second-order valence-electron chi connectivity index (χ2n) is 4.71. The first-order chi connectivity index (χ1) is 9.63. The van der Waals surface area contributed by atoms with E-state index in [1.807, 2.05) is 49.3 Å². The molecule has 0 radical (unpaired) electrons. The molecule has 0 spiro atoms. The highest BCUT2D eigenvalue weighted by Crippen LogP contribution is 2.17. The monoisotopic (exact) mass is 309 g/mol. The van der Waals surface area contributed by atoms with Crippen molar-refractivity contribution in [1.82, 2.24) is 14.7 Å². The maximum atomic E-state index is 12.0. The van der Waals surface area contributed by atoms with Gasteiger partial charge in [-0.05, 0) is 33.2 Å². The molecular weight excluding hydrogens is 290 g/mol. The maximum absolute atomic E-state index is 12.0. The van der Waals surface area contributed by atoms with Crippen molar-refractivity contribution < 1.29 is 9.53 Å². The minimum Gasteiger partial charge on any atom is -0.462 e. The number of hydrogen-bond acceptors (Lipinski definition) is 4. The number of aromatic nitrogens is 2. The molecule has 0 N–H and O–H groups in total. The van der Waals surface area contributed by atoms with E-state index in [9.17, 15) is 4.79 Å². The molecule has 2 aromatic rings. The average molecular weight is 310 g/mol. The van der Waals surface area contributed by atoms with Crippen LogP contribution in [0.4, 0.5) is 0 Å². The molecular formula is C15H20ClN3O2. The minimum absolute atomic E-state index is 0. The summed E-state index contributed by atoms with van der Waals surface area (Å²) in [5.41, 5.74) is 2.28. The van der Waals surface area contributed by atoms with Gasteiger partial charge in [-0.15, -0.1) is 12.4 Å². The van der Waals surface area contributed by atoms with Crippen LogP contribution in [0.5, 0.6) is 0 Å². The minimum atomic E-state index is -0.327. The smallest absolute Gasteiger partial charge is 0.341 e. The van der Waals surface area contributed by atoms with E-state index in [4.69, 9.17) is 4.74 Å². The van der Waals surface area contributed by atoms with Crippen molar-refractivity contribution >= 4 is 18.4 Å². The van der Waals surface area contributed by atoms with Gasteiger partial charge in [-0.2, -0.15) is 5.10 Å². The van der Waals surface area contributed by atoms with Gasteiger partial charge in [0.05, 0.1) is 24.2 Å². The number of esters is 1. The van der Waals surface area contributed by atoms with Gasteiger partial charge in [-0.3, -0.25) is 0 Å². The third-order valence-electron chi connectivity index (χ3n) is 2.83. The molecule has 6 heteroatoms. The summed E-state index contributed by atoms with van der Waals surface area (Å²) in [6, 6.07) is 9.76. The number of carbonyl (C=O) groups excluding carboxylic acids is 1. The van der Waals surface area contributed by atoms with Crippen LogP contribution >= 0.6 is 12.4 Å². The molecule has 1 aromatic carbocycles. The Morgan fingerprint density at radius 1 is 1.29 bits per heavy atom. The molecule has 0 fully saturated rings. The number of benzene rings is 1. The van der Waals surface area contributed by atoms with Crippen molar-refractivity contribution in [3.63, 3.8) is 0 Å². The van der Waals surface area contributed by atoms with Crippen LogP contribution in [0.25, 0.3) is 5.69 Å². The number of hydrogen-bond donors (Lipinski definition) is 0. The lowest BCUT2D eigenvalue weighted by molar-refractivity contribution is 0.0524. The molecule has 114 valence electrons. The standard InChI is InChI=1S/C15H19N3O2.ClH/c1-4-20-15(19)13-10-16-18(14(13)11-17(2)3)12-8-6-5-7-9-12;/h5-10H,4,11H2,1-3H3;1H. The molecule has 0 amide bonds. The summed E-state index contributed by atoms with van der Waals surface area (Å²) in [5.74, 6) is -0.327. The van der Waals surface area contributed by atoms with Crippen molar-refractivity contribution in [2.75, 3.05) is 20.7 Å². The first-order valence-electron chi connectivity index (χ1n) is 6.57. The first kappa shape index (κ1) is 17.2. The van der Waals surface area contributed by atoms with E-state index >= 15 is 0 Å². The van der Waals surface area contributed by atoms with Crippen LogP contribution in [0.15, 0.2) is 36.5 Å². The topological polar surface area (TPSA) is 47.4 Å². The van der Waals surface area contributed by atoms with Crippen LogP contribution in [-0.2, 0) is 11.3 Å². The molecule has 0 atom stereocenters. The molecule has 0 aliphatic carbocycles. The normalized spacial score (nSPS) is 10.3. The summed E-state index contributed by atoms with van der Waals surface area (Å²) in [6.07, 6.45) is 1.57. The summed E-state index contributed by atoms with van der Waals surface area (Å²) in [4.78, 5) is 14.0. The number of carbonyl (C=O) groups is 1. The summed E-state index contributed by atoms with van der Waals surface area (Å²) >= 11 is 0. The van der Waals surface area contributed by atoms with E-state index in [2.05, 4.69) is 5.10 Å². The van der Waals surface area contributed by atoms with E-state index < -0.39 is 0 Å². The fourth-order valence-electron chi connectivity index (χ4n) is 2.00. The van der Waals surface area contributed by atoms with Crippen molar-refractivity contribution in [3.8, 4) is 5.69 Å². The summed E-state index contributed by atoms with van der Waals surface area (Å²) < 4.78 is 6.87. The molecule has 1 heterocycles.